The summed E-state index contributed by atoms with van der Waals surface area (Å²) in [5.41, 5.74) is 0.545. The van der Waals surface area contributed by atoms with E-state index in [4.69, 9.17) is 9.26 Å². The Hall–Kier alpha value is -2.40. The average Bonchev–Trinajstić information content (AvgIpc) is 2.97. The third-order valence-corrected chi connectivity index (χ3v) is 3.27. The van der Waals surface area contributed by atoms with Gasteiger partial charge in [-0.3, -0.25) is 0 Å². The predicted molar refractivity (Wildman–Crippen MR) is 79.1 cm³/mol. The van der Waals surface area contributed by atoms with Crippen LogP contribution in [0.4, 0.5) is 0 Å². The minimum atomic E-state index is 0.160. The maximum Gasteiger partial charge on any atom is 0.261 e. The highest BCUT2D eigenvalue weighted by Crippen LogP contribution is 2.34. The van der Waals surface area contributed by atoms with Gasteiger partial charge in [0.25, 0.3) is 5.89 Å². The number of fused-ring (bicyclic) bond motifs is 1. The summed E-state index contributed by atoms with van der Waals surface area (Å²) in [7, 11) is 0. The highest BCUT2D eigenvalue weighted by atomic mass is 16.5. The number of nitrogens with zero attached hydrogens (tertiary/aromatic N) is 2. The first-order valence-electron chi connectivity index (χ1n) is 6.91. The number of benzene rings is 2. The van der Waals surface area contributed by atoms with E-state index in [0.29, 0.717) is 36.9 Å². The standard InChI is InChI=1S/C16H16N2O3/c1-2-20-10-9-14-17-16(21-18-14)13-8-7-11-5-3-4-6-12(11)15(13)19/h3-8,19H,2,9-10H2,1H3. The zero-order chi connectivity index (χ0) is 14.7. The van der Waals surface area contributed by atoms with Crippen molar-refractivity contribution in [1.29, 1.82) is 0 Å². The Kier molecular flexibility index (Phi) is 3.83. The summed E-state index contributed by atoms with van der Waals surface area (Å²) in [5.74, 6) is 1.06. The summed E-state index contributed by atoms with van der Waals surface area (Å²) in [6.45, 7) is 3.16. The summed E-state index contributed by atoms with van der Waals surface area (Å²) in [6.07, 6.45) is 0.589. The lowest BCUT2D eigenvalue weighted by Gasteiger charge is -2.04. The molecular weight excluding hydrogens is 268 g/mol. The van der Waals surface area contributed by atoms with Crippen LogP contribution in [-0.2, 0) is 11.2 Å². The number of phenols is 1. The molecule has 3 aromatic rings. The molecular formula is C16H16N2O3. The van der Waals surface area contributed by atoms with E-state index in [9.17, 15) is 5.11 Å². The molecule has 0 amide bonds. The first kappa shape index (κ1) is 13.6. The van der Waals surface area contributed by atoms with Crippen LogP contribution in [0.1, 0.15) is 12.7 Å². The lowest BCUT2D eigenvalue weighted by molar-refractivity contribution is 0.149. The quantitative estimate of drug-likeness (QED) is 0.729. The molecule has 0 saturated carbocycles. The molecule has 0 aliphatic heterocycles. The number of aromatic nitrogens is 2. The fourth-order valence-electron chi connectivity index (χ4n) is 2.20. The molecule has 21 heavy (non-hydrogen) atoms. The van der Waals surface area contributed by atoms with Crippen molar-refractivity contribution >= 4 is 10.8 Å². The van der Waals surface area contributed by atoms with Gasteiger partial charge in [-0.25, -0.2) is 0 Å². The summed E-state index contributed by atoms with van der Waals surface area (Å²) >= 11 is 0. The van der Waals surface area contributed by atoms with Crippen LogP contribution in [0.5, 0.6) is 5.75 Å². The van der Waals surface area contributed by atoms with Crippen molar-refractivity contribution in [2.24, 2.45) is 0 Å². The third-order valence-electron chi connectivity index (χ3n) is 3.27. The first-order valence-corrected chi connectivity index (χ1v) is 6.91. The number of rotatable bonds is 5. The van der Waals surface area contributed by atoms with Gasteiger partial charge in [0, 0.05) is 18.4 Å². The molecule has 2 aromatic carbocycles. The molecule has 108 valence electrons. The van der Waals surface area contributed by atoms with Crippen LogP contribution >= 0.6 is 0 Å². The molecule has 0 unspecified atom stereocenters. The van der Waals surface area contributed by atoms with Gasteiger partial charge >= 0.3 is 0 Å². The molecule has 0 aliphatic carbocycles. The fourth-order valence-corrected chi connectivity index (χ4v) is 2.20. The smallest absolute Gasteiger partial charge is 0.261 e. The van der Waals surface area contributed by atoms with E-state index >= 15 is 0 Å². The molecule has 1 N–H and O–H groups in total. The molecule has 3 rings (SSSR count). The van der Waals surface area contributed by atoms with Crippen molar-refractivity contribution in [3.8, 4) is 17.2 Å². The SMILES string of the molecule is CCOCCc1noc(-c2ccc3ccccc3c2O)n1. The molecule has 5 heteroatoms. The van der Waals surface area contributed by atoms with Crippen molar-refractivity contribution in [2.75, 3.05) is 13.2 Å². The van der Waals surface area contributed by atoms with E-state index in [1.807, 2.05) is 37.3 Å². The number of hydrogen-bond donors (Lipinski definition) is 1. The van der Waals surface area contributed by atoms with Crippen molar-refractivity contribution in [3.63, 3.8) is 0 Å². The second-order valence-electron chi connectivity index (χ2n) is 4.65. The van der Waals surface area contributed by atoms with E-state index in [0.717, 1.165) is 10.8 Å². The topological polar surface area (TPSA) is 68.4 Å². The van der Waals surface area contributed by atoms with Gasteiger partial charge in [0.2, 0.25) is 0 Å². The van der Waals surface area contributed by atoms with Crippen molar-refractivity contribution in [2.45, 2.75) is 13.3 Å². The molecule has 0 saturated heterocycles. The zero-order valence-electron chi connectivity index (χ0n) is 11.7. The molecule has 0 radical (unpaired) electrons. The van der Waals surface area contributed by atoms with E-state index in [-0.39, 0.29) is 5.75 Å². The first-order chi connectivity index (χ1) is 10.3. The summed E-state index contributed by atoms with van der Waals surface area (Å²) in [6, 6.07) is 11.3. The maximum atomic E-state index is 10.4. The molecule has 1 aromatic heterocycles. The Bertz CT molecular complexity index is 752. The van der Waals surface area contributed by atoms with E-state index in [1.165, 1.54) is 0 Å². The van der Waals surface area contributed by atoms with Crippen molar-refractivity contribution in [3.05, 3.63) is 42.2 Å². The lowest BCUT2D eigenvalue weighted by atomic mass is 10.1. The Balaban J connectivity index is 1.91. The Morgan fingerprint density at radius 1 is 1.19 bits per heavy atom. The molecule has 0 aliphatic rings. The van der Waals surface area contributed by atoms with E-state index in [2.05, 4.69) is 10.1 Å². The van der Waals surface area contributed by atoms with Crippen LogP contribution in [0.25, 0.3) is 22.2 Å². The molecule has 0 bridgehead atoms. The molecule has 0 spiro atoms. The Morgan fingerprint density at radius 3 is 2.90 bits per heavy atom. The van der Waals surface area contributed by atoms with Crippen molar-refractivity contribution < 1.29 is 14.4 Å². The van der Waals surface area contributed by atoms with E-state index < -0.39 is 0 Å². The average molecular weight is 284 g/mol. The van der Waals surface area contributed by atoms with Crippen LogP contribution in [0.15, 0.2) is 40.9 Å². The van der Waals surface area contributed by atoms with Crippen LogP contribution in [0.3, 0.4) is 0 Å². The highest BCUT2D eigenvalue weighted by Gasteiger charge is 2.14. The number of ether oxygens (including phenoxy) is 1. The minimum absolute atomic E-state index is 0.160. The molecule has 0 atom stereocenters. The van der Waals surface area contributed by atoms with Crippen molar-refractivity contribution in [1.82, 2.24) is 10.1 Å². The van der Waals surface area contributed by atoms with Gasteiger partial charge in [0.15, 0.2) is 5.82 Å². The second kappa shape index (κ2) is 5.93. The molecule has 0 fully saturated rings. The monoisotopic (exact) mass is 284 g/mol. The Labute approximate surface area is 122 Å². The number of aromatic hydroxyl groups is 1. The van der Waals surface area contributed by atoms with Gasteiger partial charge < -0.3 is 14.4 Å². The van der Waals surface area contributed by atoms with E-state index in [1.54, 1.807) is 6.07 Å². The van der Waals surface area contributed by atoms with Crippen LogP contribution in [-0.4, -0.2) is 28.5 Å². The van der Waals surface area contributed by atoms with Gasteiger partial charge in [0.05, 0.1) is 12.2 Å². The highest BCUT2D eigenvalue weighted by molar-refractivity contribution is 5.93. The third kappa shape index (κ3) is 2.73. The van der Waals surface area contributed by atoms with Gasteiger partial charge in [0.1, 0.15) is 5.75 Å². The largest absolute Gasteiger partial charge is 0.506 e. The van der Waals surface area contributed by atoms with Crippen LogP contribution in [0, 0.1) is 0 Å². The lowest BCUT2D eigenvalue weighted by Crippen LogP contribution is -1.99. The second-order valence-corrected chi connectivity index (χ2v) is 4.65. The Morgan fingerprint density at radius 2 is 2.05 bits per heavy atom. The number of phenolic OH excluding ortho intramolecular Hbond substituents is 1. The van der Waals surface area contributed by atoms with Gasteiger partial charge in [-0.15, -0.1) is 0 Å². The normalized spacial score (nSPS) is 11.1. The molecule has 1 heterocycles. The maximum absolute atomic E-state index is 10.4. The molecule has 5 nitrogen and oxygen atoms in total. The predicted octanol–water partition coefficient (Wildman–Crippen LogP) is 3.17. The number of hydrogen-bond acceptors (Lipinski definition) is 5. The summed E-state index contributed by atoms with van der Waals surface area (Å²) in [5, 5.41) is 16.0. The zero-order valence-corrected chi connectivity index (χ0v) is 11.7. The minimum Gasteiger partial charge on any atom is -0.506 e. The van der Waals surface area contributed by atoms with Crippen LogP contribution < -0.4 is 0 Å². The summed E-state index contributed by atoms with van der Waals surface area (Å²) < 4.78 is 10.5. The van der Waals surface area contributed by atoms with Gasteiger partial charge in [-0.1, -0.05) is 35.5 Å². The van der Waals surface area contributed by atoms with Crippen LogP contribution in [0.2, 0.25) is 0 Å². The fraction of sp³-hybridized carbons (Fsp3) is 0.250. The van der Waals surface area contributed by atoms with Gasteiger partial charge in [-0.2, -0.15) is 4.98 Å². The summed E-state index contributed by atoms with van der Waals surface area (Å²) in [4.78, 5) is 4.30. The van der Waals surface area contributed by atoms with Gasteiger partial charge in [-0.05, 0) is 18.4 Å².